The first-order valence-corrected chi connectivity index (χ1v) is 9.14. The van der Waals surface area contributed by atoms with Crippen LogP contribution in [0, 0.1) is 11.3 Å². The predicted octanol–water partition coefficient (Wildman–Crippen LogP) is 4.43. The molecule has 0 aliphatic rings. The summed E-state index contributed by atoms with van der Waals surface area (Å²) in [5, 5.41) is 11.3. The van der Waals surface area contributed by atoms with Crippen LogP contribution in [0.5, 0.6) is 17.2 Å². The molecule has 1 N–H and O–H groups in total. The van der Waals surface area contributed by atoms with E-state index in [1.54, 1.807) is 30.3 Å². The van der Waals surface area contributed by atoms with Crippen LogP contribution in [0.2, 0.25) is 0 Å². The Morgan fingerprint density at radius 1 is 1.07 bits per heavy atom. The average molecular weight is 380 g/mol. The van der Waals surface area contributed by atoms with E-state index in [4.69, 9.17) is 19.5 Å². The van der Waals surface area contributed by atoms with Crippen LogP contribution in [0.25, 0.3) is 6.08 Å². The van der Waals surface area contributed by atoms with Crippen molar-refractivity contribution in [2.75, 3.05) is 25.1 Å². The Labute approximate surface area is 165 Å². The highest BCUT2D eigenvalue weighted by molar-refractivity contribution is 6.01. The van der Waals surface area contributed by atoms with Crippen molar-refractivity contribution in [3.63, 3.8) is 0 Å². The van der Waals surface area contributed by atoms with Gasteiger partial charge in [-0.3, -0.25) is 4.79 Å². The van der Waals surface area contributed by atoms with Gasteiger partial charge in [-0.25, -0.2) is 0 Å². The molecule has 2 aromatic carbocycles. The molecule has 0 fully saturated rings. The zero-order valence-electron chi connectivity index (χ0n) is 16.1. The molecular formula is C22H24N2O4. The first kappa shape index (κ1) is 20.8. The van der Waals surface area contributed by atoms with E-state index >= 15 is 0 Å². The van der Waals surface area contributed by atoms with E-state index in [0.29, 0.717) is 36.1 Å². The molecule has 2 rings (SSSR count). The third-order valence-corrected chi connectivity index (χ3v) is 3.58. The second-order valence-electron chi connectivity index (χ2n) is 5.78. The minimum Gasteiger partial charge on any atom is -0.490 e. The summed E-state index contributed by atoms with van der Waals surface area (Å²) in [6, 6.07) is 14.3. The summed E-state index contributed by atoms with van der Waals surface area (Å²) in [5.74, 6) is 1.68. The number of rotatable bonds is 10. The van der Waals surface area contributed by atoms with Gasteiger partial charge in [0, 0.05) is 11.8 Å². The highest BCUT2D eigenvalue weighted by Crippen LogP contribution is 2.29. The Kier molecular flexibility index (Phi) is 8.41. The maximum absolute atomic E-state index is 12.1. The molecule has 0 unspecified atom stereocenters. The predicted molar refractivity (Wildman–Crippen MR) is 109 cm³/mol. The van der Waals surface area contributed by atoms with Crippen molar-refractivity contribution in [3.8, 4) is 23.3 Å². The number of carbonyl (C=O) groups is 1. The standard InChI is InChI=1S/C22H24N2O4/c1-3-14-28-20-11-5-17(16-21(20)26-4-2)6-12-22(25)24-18-7-9-19(10-8-18)27-15-13-23/h5-12,16H,3-4,14-15H2,1-2H3,(H,24,25)/b12-6+. The lowest BCUT2D eigenvalue weighted by Gasteiger charge is -2.12. The van der Waals surface area contributed by atoms with Crippen LogP contribution in [0.3, 0.4) is 0 Å². The summed E-state index contributed by atoms with van der Waals surface area (Å²) in [6.07, 6.45) is 4.09. The first-order chi connectivity index (χ1) is 13.7. The summed E-state index contributed by atoms with van der Waals surface area (Å²) >= 11 is 0. The number of nitrogens with one attached hydrogen (secondary N) is 1. The maximum Gasteiger partial charge on any atom is 0.248 e. The molecule has 0 heterocycles. The lowest BCUT2D eigenvalue weighted by Crippen LogP contribution is -2.07. The average Bonchev–Trinajstić information content (AvgIpc) is 2.71. The molecular weight excluding hydrogens is 356 g/mol. The Balaban J connectivity index is 1.99. The summed E-state index contributed by atoms with van der Waals surface area (Å²) in [4.78, 5) is 12.1. The molecule has 0 aliphatic heterocycles. The number of nitrogens with zero attached hydrogens (tertiary/aromatic N) is 1. The molecule has 0 radical (unpaired) electrons. The van der Waals surface area contributed by atoms with Gasteiger partial charge < -0.3 is 19.5 Å². The molecule has 0 atom stereocenters. The van der Waals surface area contributed by atoms with Crippen molar-refractivity contribution in [1.82, 2.24) is 0 Å². The van der Waals surface area contributed by atoms with Crippen molar-refractivity contribution >= 4 is 17.7 Å². The summed E-state index contributed by atoms with van der Waals surface area (Å²) in [5.41, 5.74) is 1.47. The second-order valence-corrected chi connectivity index (χ2v) is 5.78. The number of hydrogen-bond acceptors (Lipinski definition) is 5. The first-order valence-electron chi connectivity index (χ1n) is 9.14. The van der Waals surface area contributed by atoms with E-state index in [2.05, 4.69) is 5.32 Å². The van der Waals surface area contributed by atoms with Gasteiger partial charge in [0.2, 0.25) is 5.91 Å². The van der Waals surface area contributed by atoms with Gasteiger partial charge >= 0.3 is 0 Å². The van der Waals surface area contributed by atoms with E-state index in [-0.39, 0.29) is 12.5 Å². The number of ether oxygens (including phenoxy) is 3. The molecule has 1 amide bonds. The van der Waals surface area contributed by atoms with Gasteiger partial charge in [-0.1, -0.05) is 13.0 Å². The molecule has 28 heavy (non-hydrogen) atoms. The number of carbonyl (C=O) groups excluding carboxylic acids is 1. The minimum atomic E-state index is -0.255. The topological polar surface area (TPSA) is 80.6 Å². The maximum atomic E-state index is 12.1. The van der Waals surface area contributed by atoms with Crippen molar-refractivity contribution in [3.05, 3.63) is 54.1 Å². The van der Waals surface area contributed by atoms with Gasteiger partial charge in [-0.2, -0.15) is 5.26 Å². The molecule has 0 aliphatic carbocycles. The Hall–Kier alpha value is -3.46. The molecule has 0 saturated heterocycles. The molecule has 0 saturated carbocycles. The van der Waals surface area contributed by atoms with Gasteiger partial charge in [0.15, 0.2) is 18.1 Å². The number of anilines is 1. The molecule has 0 aromatic heterocycles. The van der Waals surface area contributed by atoms with Crippen molar-refractivity contribution in [2.24, 2.45) is 0 Å². The largest absolute Gasteiger partial charge is 0.490 e. The summed E-state index contributed by atoms with van der Waals surface area (Å²) in [6.45, 7) is 5.10. The van der Waals surface area contributed by atoms with Gasteiger partial charge in [-0.15, -0.1) is 0 Å². The molecule has 0 spiro atoms. The normalized spacial score (nSPS) is 10.3. The van der Waals surface area contributed by atoms with Crippen LogP contribution >= 0.6 is 0 Å². The van der Waals surface area contributed by atoms with E-state index in [1.165, 1.54) is 6.08 Å². The van der Waals surface area contributed by atoms with Crippen LogP contribution in [0.4, 0.5) is 5.69 Å². The number of hydrogen-bond donors (Lipinski definition) is 1. The summed E-state index contributed by atoms with van der Waals surface area (Å²) in [7, 11) is 0. The number of nitriles is 1. The fraction of sp³-hybridized carbons (Fsp3) is 0.273. The van der Waals surface area contributed by atoms with E-state index in [1.807, 2.05) is 38.1 Å². The van der Waals surface area contributed by atoms with E-state index < -0.39 is 0 Å². The van der Waals surface area contributed by atoms with Gasteiger partial charge in [0.1, 0.15) is 11.8 Å². The van der Waals surface area contributed by atoms with Crippen molar-refractivity contribution < 1.29 is 19.0 Å². The monoisotopic (exact) mass is 380 g/mol. The fourth-order valence-corrected chi connectivity index (χ4v) is 2.33. The third-order valence-electron chi connectivity index (χ3n) is 3.58. The molecule has 2 aromatic rings. The van der Waals surface area contributed by atoms with Crippen LogP contribution in [-0.2, 0) is 4.79 Å². The van der Waals surface area contributed by atoms with Crippen molar-refractivity contribution in [2.45, 2.75) is 20.3 Å². The van der Waals surface area contributed by atoms with Crippen LogP contribution in [0.1, 0.15) is 25.8 Å². The van der Waals surface area contributed by atoms with Gasteiger partial charge in [0.25, 0.3) is 0 Å². The van der Waals surface area contributed by atoms with Crippen LogP contribution in [-0.4, -0.2) is 25.7 Å². The van der Waals surface area contributed by atoms with Crippen LogP contribution in [0.15, 0.2) is 48.5 Å². The smallest absolute Gasteiger partial charge is 0.248 e. The zero-order chi connectivity index (χ0) is 20.2. The Bertz CT molecular complexity index is 839. The zero-order valence-corrected chi connectivity index (χ0v) is 16.1. The SMILES string of the molecule is CCCOc1ccc(/C=C/C(=O)Nc2ccc(OCC#N)cc2)cc1OCC. The number of benzene rings is 2. The molecule has 146 valence electrons. The molecule has 6 heteroatoms. The Morgan fingerprint density at radius 3 is 2.54 bits per heavy atom. The van der Waals surface area contributed by atoms with E-state index in [9.17, 15) is 4.79 Å². The van der Waals surface area contributed by atoms with E-state index in [0.717, 1.165) is 12.0 Å². The van der Waals surface area contributed by atoms with Gasteiger partial charge in [-0.05, 0) is 61.4 Å². The Morgan fingerprint density at radius 2 is 1.86 bits per heavy atom. The fourth-order valence-electron chi connectivity index (χ4n) is 2.33. The quantitative estimate of drug-likeness (QED) is 0.617. The lowest BCUT2D eigenvalue weighted by molar-refractivity contribution is -0.111. The highest BCUT2D eigenvalue weighted by Gasteiger charge is 2.06. The third kappa shape index (κ3) is 6.69. The highest BCUT2D eigenvalue weighted by atomic mass is 16.5. The van der Waals surface area contributed by atoms with Crippen LogP contribution < -0.4 is 19.5 Å². The minimum absolute atomic E-state index is 0.0134. The molecule has 6 nitrogen and oxygen atoms in total. The molecule has 0 bridgehead atoms. The van der Waals surface area contributed by atoms with Crippen molar-refractivity contribution in [1.29, 1.82) is 5.26 Å². The second kappa shape index (κ2) is 11.3. The van der Waals surface area contributed by atoms with Gasteiger partial charge in [0.05, 0.1) is 13.2 Å². The summed E-state index contributed by atoms with van der Waals surface area (Å²) < 4.78 is 16.5. The number of amides is 1. The lowest BCUT2D eigenvalue weighted by atomic mass is 10.2.